The third-order valence-electron chi connectivity index (χ3n) is 6.05. The summed E-state index contributed by atoms with van der Waals surface area (Å²) in [7, 11) is 0. The standard InChI is InChI=1S/C28H17N3O/c1-16(15-29)31-27-23-13-22-19-9-5-6-10-24(19)32-25(22)14-21(23)20-12-11-17-7-3-4-8-18(17)26(20)28(27)30-2/h3-14H,2H2,1H3. The molecule has 0 saturated carbocycles. The summed E-state index contributed by atoms with van der Waals surface area (Å²) in [6.45, 7) is 5.58. The predicted molar refractivity (Wildman–Crippen MR) is 134 cm³/mol. The molecule has 0 fully saturated rings. The molecule has 0 radical (unpaired) electrons. The molecule has 0 aliphatic heterocycles. The van der Waals surface area contributed by atoms with Gasteiger partial charge in [0.05, 0.1) is 11.4 Å². The zero-order valence-electron chi connectivity index (χ0n) is 17.4. The summed E-state index contributed by atoms with van der Waals surface area (Å²) in [6, 6.07) is 26.8. The summed E-state index contributed by atoms with van der Waals surface area (Å²) in [4.78, 5) is 9.12. The van der Waals surface area contributed by atoms with Crippen LogP contribution in [0.25, 0.3) is 54.3 Å². The lowest BCUT2D eigenvalue weighted by molar-refractivity contribution is 0.669. The quantitative estimate of drug-likeness (QED) is 0.214. The molecular formula is C28H17N3O. The average molecular weight is 411 g/mol. The highest BCUT2D eigenvalue weighted by Gasteiger charge is 2.18. The summed E-state index contributed by atoms with van der Waals surface area (Å²) in [6.07, 6.45) is 0. The van der Waals surface area contributed by atoms with Gasteiger partial charge in [-0.1, -0.05) is 54.6 Å². The molecule has 0 saturated heterocycles. The number of rotatable bonds is 2. The molecule has 6 rings (SSSR count). The topological polar surface area (TPSA) is 61.6 Å². The molecule has 4 nitrogen and oxygen atoms in total. The summed E-state index contributed by atoms with van der Waals surface area (Å²) in [5, 5.41) is 17.7. The van der Waals surface area contributed by atoms with Gasteiger partial charge in [-0.2, -0.15) is 5.26 Å². The number of hydrogen-bond donors (Lipinski definition) is 0. The van der Waals surface area contributed by atoms with Crippen molar-refractivity contribution >= 4 is 78.1 Å². The SMILES string of the molecule is C=Nc1c(N=C(C)C#N)c2cc3c(cc2c2ccc4ccccc4c12)oc1ccccc13. The highest BCUT2D eigenvalue weighted by Crippen LogP contribution is 2.48. The van der Waals surface area contributed by atoms with E-state index in [-0.39, 0.29) is 0 Å². The van der Waals surface area contributed by atoms with Gasteiger partial charge >= 0.3 is 0 Å². The molecule has 0 aliphatic rings. The Hall–Kier alpha value is -4.49. The Balaban J connectivity index is 1.93. The molecule has 150 valence electrons. The first kappa shape index (κ1) is 18.3. The molecule has 1 aromatic heterocycles. The zero-order chi connectivity index (χ0) is 21.8. The number of para-hydroxylation sites is 1. The van der Waals surface area contributed by atoms with Crippen molar-refractivity contribution in [3.8, 4) is 6.07 Å². The molecule has 32 heavy (non-hydrogen) atoms. The molecule has 5 aromatic carbocycles. The van der Waals surface area contributed by atoms with Crippen LogP contribution in [0.3, 0.4) is 0 Å². The number of hydrogen-bond acceptors (Lipinski definition) is 4. The minimum Gasteiger partial charge on any atom is -0.456 e. The Labute approximate surface area is 183 Å². The van der Waals surface area contributed by atoms with Crippen molar-refractivity contribution in [2.45, 2.75) is 6.92 Å². The van der Waals surface area contributed by atoms with E-state index in [2.05, 4.69) is 60.2 Å². The first-order chi connectivity index (χ1) is 15.7. The first-order valence-corrected chi connectivity index (χ1v) is 10.3. The maximum atomic E-state index is 9.45. The molecule has 0 unspecified atom stereocenters. The van der Waals surface area contributed by atoms with Crippen LogP contribution in [0.2, 0.25) is 0 Å². The number of nitriles is 1. The zero-order valence-corrected chi connectivity index (χ0v) is 17.4. The summed E-state index contributed by atoms with van der Waals surface area (Å²) in [5.41, 5.74) is 3.37. The van der Waals surface area contributed by atoms with Gasteiger partial charge < -0.3 is 4.42 Å². The van der Waals surface area contributed by atoms with Gasteiger partial charge in [0.1, 0.15) is 22.9 Å². The van der Waals surface area contributed by atoms with Gasteiger partial charge in [0.25, 0.3) is 0 Å². The highest BCUT2D eigenvalue weighted by atomic mass is 16.3. The van der Waals surface area contributed by atoms with E-state index in [0.29, 0.717) is 17.1 Å². The lowest BCUT2D eigenvalue weighted by Crippen LogP contribution is -1.88. The van der Waals surface area contributed by atoms with Crippen LogP contribution in [0.5, 0.6) is 0 Å². The fourth-order valence-electron chi connectivity index (χ4n) is 4.65. The minimum absolute atomic E-state index is 0.368. The normalized spacial score (nSPS) is 12.2. The van der Waals surface area contributed by atoms with Gasteiger partial charge in [-0.05, 0) is 53.4 Å². The predicted octanol–water partition coefficient (Wildman–Crippen LogP) is 7.99. The number of furan rings is 1. The largest absolute Gasteiger partial charge is 0.456 e. The number of benzene rings is 5. The third-order valence-corrected chi connectivity index (χ3v) is 6.05. The van der Waals surface area contributed by atoms with Gasteiger partial charge in [-0.15, -0.1) is 0 Å². The van der Waals surface area contributed by atoms with Crippen LogP contribution in [0.4, 0.5) is 11.4 Å². The molecule has 0 aliphatic carbocycles. The number of aliphatic imine (C=N–C) groups is 2. The van der Waals surface area contributed by atoms with Crippen LogP contribution in [0.1, 0.15) is 6.92 Å². The van der Waals surface area contributed by atoms with Crippen molar-refractivity contribution in [2.24, 2.45) is 9.98 Å². The van der Waals surface area contributed by atoms with Crippen LogP contribution in [0.15, 0.2) is 87.2 Å². The third kappa shape index (κ3) is 2.49. The number of fused-ring (bicyclic) bond motifs is 8. The first-order valence-electron chi connectivity index (χ1n) is 10.3. The van der Waals surface area contributed by atoms with Gasteiger partial charge in [-0.3, -0.25) is 4.99 Å². The Morgan fingerprint density at radius 2 is 1.56 bits per heavy atom. The van der Waals surface area contributed by atoms with E-state index in [9.17, 15) is 5.26 Å². The van der Waals surface area contributed by atoms with E-state index >= 15 is 0 Å². The van der Waals surface area contributed by atoms with E-state index in [1.807, 2.05) is 30.3 Å². The van der Waals surface area contributed by atoms with Crippen molar-refractivity contribution in [1.82, 2.24) is 0 Å². The second-order valence-electron chi connectivity index (χ2n) is 7.87. The van der Waals surface area contributed by atoms with E-state index in [4.69, 9.17) is 9.41 Å². The van der Waals surface area contributed by atoms with E-state index < -0.39 is 0 Å². The summed E-state index contributed by atoms with van der Waals surface area (Å²) < 4.78 is 6.17. The van der Waals surface area contributed by atoms with Crippen molar-refractivity contribution in [2.75, 3.05) is 0 Å². The van der Waals surface area contributed by atoms with Crippen molar-refractivity contribution in [1.29, 1.82) is 5.26 Å². The average Bonchev–Trinajstić information content (AvgIpc) is 3.20. The fraction of sp³-hybridized carbons (Fsp3) is 0.0357. The van der Waals surface area contributed by atoms with Crippen LogP contribution in [-0.2, 0) is 0 Å². The molecule has 0 atom stereocenters. The smallest absolute Gasteiger partial charge is 0.136 e. The molecular weight excluding hydrogens is 394 g/mol. The van der Waals surface area contributed by atoms with Gasteiger partial charge in [0, 0.05) is 21.5 Å². The van der Waals surface area contributed by atoms with Gasteiger partial charge in [-0.25, -0.2) is 4.99 Å². The molecule has 4 heteroatoms. The molecule has 0 bridgehead atoms. The van der Waals surface area contributed by atoms with Crippen molar-refractivity contribution in [3.05, 3.63) is 72.8 Å². The fourth-order valence-corrected chi connectivity index (χ4v) is 4.65. The van der Waals surface area contributed by atoms with Crippen molar-refractivity contribution < 1.29 is 4.42 Å². The van der Waals surface area contributed by atoms with Crippen LogP contribution in [-0.4, -0.2) is 12.4 Å². The minimum atomic E-state index is 0.368. The lowest BCUT2D eigenvalue weighted by atomic mass is 9.93. The number of nitrogens with zero attached hydrogens (tertiary/aromatic N) is 3. The molecule has 1 heterocycles. The monoisotopic (exact) mass is 411 g/mol. The Bertz CT molecular complexity index is 1820. The Kier molecular flexibility index (Phi) is 3.87. The van der Waals surface area contributed by atoms with Crippen molar-refractivity contribution in [3.63, 3.8) is 0 Å². The molecule has 0 amide bonds. The van der Waals surface area contributed by atoms with Crippen LogP contribution < -0.4 is 0 Å². The summed E-state index contributed by atoms with van der Waals surface area (Å²) >= 11 is 0. The lowest BCUT2D eigenvalue weighted by Gasteiger charge is -2.14. The second-order valence-corrected chi connectivity index (χ2v) is 7.87. The molecule has 0 N–H and O–H groups in total. The van der Waals surface area contributed by atoms with Gasteiger partial charge in [0.2, 0.25) is 0 Å². The van der Waals surface area contributed by atoms with Crippen LogP contribution >= 0.6 is 0 Å². The van der Waals surface area contributed by atoms with E-state index in [1.165, 1.54) is 0 Å². The van der Waals surface area contributed by atoms with Crippen LogP contribution in [0, 0.1) is 11.3 Å². The second kappa shape index (κ2) is 6.76. The maximum absolute atomic E-state index is 9.45. The summed E-state index contributed by atoms with van der Waals surface area (Å²) in [5.74, 6) is 0. The molecule has 6 aromatic rings. The van der Waals surface area contributed by atoms with E-state index in [1.54, 1.807) is 6.92 Å². The Morgan fingerprint density at radius 1 is 0.781 bits per heavy atom. The highest BCUT2D eigenvalue weighted by molar-refractivity contribution is 6.29. The molecule has 0 spiro atoms. The van der Waals surface area contributed by atoms with E-state index in [0.717, 1.165) is 54.3 Å². The van der Waals surface area contributed by atoms with Gasteiger partial charge in [0.15, 0.2) is 0 Å². The Morgan fingerprint density at radius 3 is 2.38 bits per heavy atom. The maximum Gasteiger partial charge on any atom is 0.136 e.